The molecule has 0 saturated carbocycles. The highest BCUT2D eigenvalue weighted by Crippen LogP contribution is 2.47. The Morgan fingerprint density at radius 1 is 0.918 bits per heavy atom. The van der Waals surface area contributed by atoms with E-state index in [0.717, 1.165) is 53.7 Å². The van der Waals surface area contributed by atoms with E-state index in [1.807, 2.05) is 78.4 Å². The molecule has 11 heteroatoms. The van der Waals surface area contributed by atoms with Crippen LogP contribution in [0.2, 0.25) is 0 Å². The average molecular weight is 664 g/mol. The van der Waals surface area contributed by atoms with E-state index in [9.17, 15) is 19.2 Å². The SMILES string of the molecule is CNCc1ccccc1CN(CC(=O)Nc1ccc2c(c1)C[C@@]1(C2)C(=O)Nc2ncccc21)C(=O)C1(C)CCN(C(=O)N2CCCC2)CC1. The molecule has 0 radical (unpaired) electrons. The van der Waals surface area contributed by atoms with Crippen molar-refractivity contribution in [3.8, 4) is 0 Å². The molecular formula is C38H45N7O4. The molecule has 7 rings (SSSR count). The van der Waals surface area contributed by atoms with Crippen molar-refractivity contribution < 1.29 is 19.2 Å². The smallest absolute Gasteiger partial charge is 0.319 e. The maximum atomic E-state index is 14.4. The Hall–Kier alpha value is -4.77. The van der Waals surface area contributed by atoms with E-state index < -0.39 is 10.8 Å². The van der Waals surface area contributed by atoms with Crippen molar-refractivity contribution in [2.45, 2.75) is 64.0 Å². The Balaban J connectivity index is 1.07. The highest BCUT2D eigenvalue weighted by molar-refractivity contribution is 6.06. The zero-order valence-electron chi connectivity index (χ0n) is 28.4. The standard InChI is InChI=1S/C38H45N7O4/c1-37(13-18-44(19-14-37)36(49)43-16-5-6-17-43)35(48)45(24-28-9-4-3-8-27(28)23-39-2)25-32(46)41-30-12-11-26-21-38(22-29(26)20-30)31-10-7-15-40-33(31)42-34(38)47/h3-4,7-12,15,20,39H,5-6,13-14,16-19,21-25H2,1-2H3,(H,41,46)(H,40,42,47)/t38-/m1/s1. The van der Waals surface area contributed by atoms with Gasteiger partial charge in [0.15, 0.2) is 0 Å². The molecule has 5 amide bonds. The van der Waals surface area contributed by atoms with Gasteiger partial charge in [-0.15, -0.1) is 0 Å². The summed E-state index contributed by atoms with van der Waals surface area (Å²) in [6, 6.07) is 17.7. The first-order valence-corrected chi connectivity index (χ1v) is 17.4. The fourth-order valence-electron chi connectivity index (χ4n) is 8.09. The lowest BCUT2D eigenvalue weighted by Crippen LogP contribution is -2.53. The molecule has 2 fully saturated rings. The Labute approximate surface area is 287 Å². The summed E-state index contributed by atoms with van der Waals surface area (Å²) in [6.45, 7) is 5.43. The summed E-state index contributed by atoms with van der Waals surface area (Å²) in [7, 11) is 1.89. The van der Waals surface area contributed by atoms with Gasteiger partial charge < -0.3 is 30.7 Å². The Morgan fingerprint density at radius 3 is 2.39 bits per heavy atom. The second kappa shape index (κ2) is 13.3. The molecule has 1 atom stereocenters. The molecule has 3 N–H and O–H groups in total. The lowest BCUT2D eigenvalue weighted by molar-refractivity contribution is -0.146. The predicted molar refractivity (Wildman–Crippen MR) is 187 cm³/mol. The number of rotatable bonds is 8. The number of urea groups is 1. The summed E-state index contributed by atoms with van der Waals surface area (Å²) >= 11 is 0. The number of hydrogen-bond donors (Lipinski definition) is 3. The molecule has 0 unspecified atom stereocenters. The first kappa shape index (κ1) is 32.8. The number of carbonyl (C=O) groups is 4. The molecule has 4 heterocycles. The Morgan fingerprint density at radius 2 is 1.63 bits per heavy atom. The first-order chi connectivity index (χ1) is 23.7. The summed E-state index contributed by atoms with van der Waals surface area (Å²) in [5, 5.41) is 9.19. The van der Waals surface area contributed by atoms with Crippen LogP contribution < -0.4 is 16.0 Å². The number of benzene rings is 2. The average Bonchev–Trinajstić information content (AvgIpc) is 3.84. The highest BCUT2D eigenvalue weighted by atomic mass is 16.2. The number of aromatic nitrogens is 1. The van der Waals surface area contributed by atoms with E-state index in [4.69, 9.17) is 0 Å². The van der Waals surface area contributed by atoms with Crippen LogP contribution in [0.5, 0.6) is 0 Å². The third-order valence-corrected chi connectivity index (χ3v) is 11.0. The van der Waals surface area contributed by atoms with Crippen molar-refractivity contribution in [2.24, 2.45) is 5.41 Å². The van der Waals surface area contributed by atoms with Crippen LogP contribution in [-0.4, -0.2) is 83.2 Å². The number of piperidine rings is 1. The van der Waals surface area contributed by atoms with Crippen LogP contribution in [0.4, 0.5) is 16.3 Å². The molecule has 4 aliphatic rings. The number of hydrogen-bond acceptors (Lipinski definition) is 6. The zero-order chi connectivity index (χ0) is 34.2. The molecule has 3 aromatic rings. The number of carbonyl (C=O) groups excluding carboxylic acids is 4. The van der Waals surface area contributed by atoms with Crippen LogP contribution in [0, 0.1) is 5.41 Å². The van der Waals surface area contributed by atoms with E-state index in [2.05, 4.69) is 20.9 Å². The summed E-state index contributed by atoms with van der Waals surface area (Å²) < 4.78 is 0. The minimum atomic E-state index is -0.699. The van der Waals surface area contributed by atoms with Gasteiger partial charge in [-0.3, -0.25) is 14.4 Å². The largest absolute Gasteiger partial charge is 0.329 e. The van der Waals surface area contributed by atoms with Crippen LogP contribution in [0.1, 0.15) is 60.4 Å². The van der Waals surface area contributed by atoms with E-state index in [1.165, 1.54) is 0 Å². The van der Waals surface area contributed by atoms with Crippen molar-refractivity contribution in [1.82, 2.24) is 25.0 Å². The lowest BCUT2D eigenvalue weighted by Gasteiger charge is -2.42. The number of amides is 5. The minimum Gasteiger partial charge on any atom is -0.329 e. The third kappa shape index (κ3) is 6.27. The van der Waals surface area contributed by atoms with Crippen molar-refractivity contribution in [2.75, 3.05) is 50.4 Å². The number of nitrogens with zero attached hydrogens (tertiary/aromatic N) is 4. The molecular weight excluding hydrogens is 618 g/mol. The van der Waals surface area contributed by atoms with Gasteiger partial charge in [0.2, 0.25) is 17.7 Å². The van der Waals surface area contributed by atoms with Crippen LogP contribution in [0.25, 0.3) is 0 Å². The van der Waals surface area contributed by atoms with Gasteiger partial charge in [0.1, 0.15) is 12.4 Å². The molecule has 256 valence electrons. The Kier molecular flexibility index (Phi) is 8.87. The number of anilines is 2. The predicted octanol–water partition coefficient (Wildman–Crippen LogP) is 4.07. The monoisotopic (exact) mass is 663 g/mol. The van der Waals surface area contributed by atoms with Crippen molar-refractivity contribution in [3.63, 3.8) is 0 Å². The zero-order valence-corrected chi connectivity index (χ0v) is 28.4. The van der Waals surface area contributed by atoms with Gasteiger partial charge in [-0.05, 0) is 86.0 Å². The fraction of sp³-hybridized carbons (Fsp3) is 0.447. The topological polar surface area (TPSA) is 127 Å². The van der Waals surface area contributed by atoms with Crippen molar-refractivity contribution >= 4 is 35.3 Å². The summed E-state index contributed by atoms with van der Waals surface area (Å²) in [4.78, 5) is 64.2. The van der Waals surface area contributed by atoms with Crippen molar-refractivity contribution in [3.05, 3.63) is 88.6 Å². The molecule has 1 spiro atoms. The molecule has 49 heavy (non-hydrogen) atoms. The molecule has 11 nitrogen and oxygen atoms in total. The molecule has 1 aromatic heterocycles. The van der Waals surface area contributed by atoms with Crippen LogP contribution >= 0.6 is 0 Å². The number of fused-ring (bicyclic) bond motifs is 3. The fourth-order valence-corrected chi connectivity index (χ4v) is 8.09. The normalized spacial score (nSPS) is 20.6. The molecule has 2 saturated heterocycles. The second-order valence-electron chi connectivity index (χ2n) is 14.3. The summed E-state index contributed by atoms with van der Waals surface area (Å²) in [5.74, 6) is 0.207. The minimum absolute atomic E-state index is 0.0459. The van der Waals surface area contributed by atoms with Gasteiger partial charge in [-0.2, -0.15) is 0 Å². The Bertz CT molecular complexity index is 1780. The third-order valence-electron chi connectivity index (χ3n) is 11.0. The lowest BCUT2D eigenvalue weighted by atomic mass is 9.79. The molecule has 2 aromatic carbocycles. The van der Waals surface area contributed by atoms with Gasteiger partial charge in [0.25, 0.3) is 0 Å². The second-order valence-corrected chi connectivity index (χ2v) is 14.3. The van der Waals surface area contributed by atoms with E-state index in [0.29, 0.717) is 63.4 Å². The highest BCUT2D eigenvalue weighted by Gasteiger charge is 2.51. The first-order valence-electron chi connectivity index (χ1n) is 17.4. The van der Waals surface area contributed by atoms with Gasteiger partial charge in [-0.25, -0.2) is 9.78 Å². The van der Waals surface area contributed by atoms with Crippen LogP contribution in [-0.2, 0) is 45.7 Å². The maximum absolute atomic E-state index is 14.4. The summed E-state index contributed by atoms with van der Waals surface area (Å²) in [6.07, 6.45) is 5.95. The number of pyridine rings is 1. The number of likely N-dealkylation sites (tertiary alicyclic amines) is 2. The quantitative estimate of drug-likeness (QED) is 0.334. The van der Waals surface area contributed by atoms with Gasteiger partial charge in [0, 0.05) is 62.1 Å². The van der Waals surface area contributed by atoms with Crippen LogP contribution in [0.3, 0.4) is 0 Å². The summed E-state index contributed by atoms with van der Waals surface area (Å²) in [5.41, 5.74) is 4.29. The van der Waals surface area contributed by atoms with Crippen LogP contribution in [0.15, 0.2) is 60.8 Å². The number of nitrogens with one attached hydrogen (secondary N) is 3. The van der Waals surface area contributed by atoms with Gasteiger partial charge >= 0.3 is 6.03 Å². The van der Waals surface area contributed by atoms with Gasteiger partial charge in [-0.1, -0.05) is 43.3 Å². The van der Waals surface area contributed by atoms with Crippen molar-refractivity contribution in [1.29, 1.82) is 0 Å². The van der Waals surface area contributed by atoms with Gasteiger partial charge in [0.05, 0.1) is 5.41 Å². The molecule has 0 bridgehead atoms. The van der Waals surface area contributed by atoms with E-state index >= 15 is 0 Å². The molecule has 1 aliphatic carbocycles. The van der Waals surface area contributed by atoms with E-state index in [-0.39, 0.29) is 30.3 Å². The maximum Gasteiger partial charge on any atom is 0.319 e. The van der Waals surface area contributed by atoms with E-state index in [1.54, 1.807) is 11.1 Å². The molecule has 3 aliphatic heterocycles.